The summed E-state index contributed by atoms with van der Waals surface area (Å²) in [6.07, 6.45) is 5.51. The van der Waals surface area contributed by atoms with Crippen molar-refractivity contribution in [2.75, 3.05) is 19.6 Å². The van der Waals surface area contributed by atoms with E-state index in [0.29, 0.717) is 5.75 Å². The standard InChI is InChI=1S/C28H39N3O5/c1-16(32)30-28-10-9-19(29-14-22(34)36-26(2,3)4)25-27(28)11-12-31(15-17-5-6-17)21(28)13-18-7-8-20(33)24(35-25)23(18)27/h7-8,17,19,21,25,29,33H,5-6,9-15H2,1-4H3,(H,30,32)/t19-,21+,25-,27-,28+/m0/s1. The summed E-state index contributed by atoms with van der Waals surface area (Å²) in [5.74, 6) is 1.15. The van der Waals surface area contributed by atoms with E-state index in [0.717, 1.165) is 50.3 Å². The number of phenolic OH excluding ortho intramolecular Hbond substituents is 1. The highest BCUT2D eigenvalue weighted by molar-refractivity contribution is 5.76. The van der Waals surface area contributed by atoms with Crippen molar-refractivity contribution >= 4 is 11.9 Å². The predicted molar refractivity (Wildman–Crippen MR) is 134 cm³/mol. The second kappa shape index (κ2) is 8.09. The monoisotopic (exact) mass is 497 g/mol. The SMILES string of the molecule is CC(=O)N[C@@]12CC[C@H](NCC(=O)OC(C)(C)C)[C@@H]3Oc4c(O)ccc5c4[C@@]31CCN(CC1CC1)[C@@H]2C5. The number of phenols is 1. The molecule has 0 unspecified atom stereocenters. The van der Waals surface area contributed by atoms with Gasteiger partial charge in [0.1, 0.15) is 11.7 Å². The quantitative estimate of drug-likeness (QED) is 0.519. The van der Waals surface area contributed by atoms with E-state index in [1.165, 1.54) is 18.4 Å². The number of piperidine rings is 1. The number of aromatic hydroxyl groups is 1. The van der Waals surface area contributed by atoms with E-state index in [1.807, 2.05) is 26.8 Å². The third-order valence-corrected chi connectivity index (χ3v) is 9.14. The van der Waals surface area contributed by atoms with Crippen LogP contribution in [0.4, 0.5) is 0 Å². The molecule has 5 aliphatic rings. The van der Waals surface area contributed by atoms with Crippen LogP contribution in [0.1, 0.15) is 70.9 Å². The molecule has 2 bridgehead atoms. The predicted octanol–water partition coefficient (Wildman–Crippen LogP) is 2.40. The van der Waals surface area contributed by atoms with Crippen LogP contribution in [-0.2, 0) is 26.2 Å². The number of nitrogens with one attached hydrogen (secondary N) is 2. The summed E-state index contributed by atoms with van der Waals surface area (Å²) in [7, 11) is 0. The van der Waals surface area contributed by atoms with Crippen molar-refractivity contribution in [3.63, 3.8) is 0 Å². The fraction of sp³-hybridized carbons (Fsp3) is 0.714. The Hall–Kier alpha value is -2.32. The van der Waals surface area contributed by atoms with Crippen LogP contribution in [-0.4, -0.2) is 70.8 Å². The molecule has 3 fully saturated rings. The smallest absolute Gasteiger partial charge is 0.320 e. The van der Waals surface area contributed by atoms with E-state index >= 15 is 0 Å². The molecule has 0 aromatic heterocycles. The van der Waals surface area contributed by atoms with Gasteiger partial charge in [-0.15, -0.1) is 0 Å². The van der Waals surface area contributed by atoms with Gasteiger partial charge in [0, 0.05) is 31.1 Å². The molecule has 2 heterocycles. The summed E-state index contributed by atoms with van der Waals surface area (Å²) in [5, 5.41) is 17.8. The fourth-order valence-corrected chi connectivity index (χ4v) is 7.90. The minimum absolute atomic E-state index is 0.0244. The van der Waals surface area contributed by atoms with Crippen LogP contribution < -0.4 is 15.4 Å². The van der Waals surface area contributed by atoms with Crippen LogP contribution in [0, 0.1) is 5.92 Å². The van der Waals surface area contributed by atoms with Crippen molar-refractivity contribution in [2.24, 2.45) is 5.92 Å². The Kier molecular flexibility index (Phi) is 5.40. The number of ether oxygens (including phenoxy) is 2. The lowest BCUT2D eigenvalue weighted by Crippen LogP contribution is -2.83. The van der Waals surface area contributed by atoms with Gasteiger partial charge in [-0.2, -0.15) is 0 Å². The van der Waals surface area contributed by atoms with Gasteiger partial charge in [0.25, 0.3) is 0 Å². The third-order valence-electron chi connectivity index (χ3n) is 9.14. The van der Waals surface area contributed by atoms with Crippen molar-refractivity contribution in [3.05, 3.63) is 23.3 Å². The average molecular weight is 498 g/mol. The molecule has 1 amide bonds. The zero-order chi connectivity index (χ0) is 25.5. The fourth-order valence-electron chi connectivity index (χ4n) is 7.90. The van der Waals surface area contributed by atoms with Gasteiger partial charge in [0.2, 0.25) is 5.91 Å². The van der Waals surface area contributed by atoms with Gasteiger partial charge in [0.05, 0.1) is 17.5 Å². The highest BCUT2D eigenvalue weighted by Crippen LogP contribution is 2.65. The first-order chi connectivity index (χ1) is 17.0. The zero-order valence-electron chi connectivity index (χ0n) is 21.9. The van der Waals surface area contributed by atoms with Crippen molar-refractivity contribution in [2.45, 2.75) is 101 Å². The Morgan fingerprint density at radius 1 is 1.22 bits per heavy atom. The third kappa shape index (κ3) is 3.55. The number of rotatable bonds is 6. The highest BCUT2D eigenvalue weighted by atomic mass is 16.6. The molecule has 196 valence electrons. The van der Waals surface area contributed by atoms with Gasteiger partial charge < -0.3 is 25.2 Å². The Morgan fingerprint density at radius 3 is 2.69 bits per heavy atom. The van der Waals surface area contributed by atoms with Crippen molar-refractivity contribution in [1.29, 1.82) is 0 Å². The highest BCUT2D eigenvalue weighted by Gasteiger charge is 2.73. The molecule has 8 heteroatoms. The topological polar surface area (TPSA) is 100 Å². The molecule has 6 rings (SSSR count). The Bertz CT molecular complexity index is 1100. The van der Waals surface area contributed by atoms with Crippen LogP contribution >= 0.6 is 0 Å². The molecule has 1 spiro atoms. The molecule has 3 aliphatic carbocycles. The number of carbonyl (C=O) groups excluding carboxylic acids is 2. The number of amides is 1. The number of esters is 1. The van der Waals surface area contributed by atoms with Crippen LogP contribution in [0.25, 0.3) is 0 Å². The Labute approximate surface area is 213 Å². The molecular formula is C28H39N3O5. The summed E-state index contributed by atoms with van der Waals surface area (Å²) >= 11 is 0. The Morgan fingerprint density at radius 2 is 2.00 bits per heavy atom. The summed E-state index contributed by atoms with van der Waals surface area (Å²) in [5.41, 5.74) is 0.801. The summed E-state index contributed by atoms with van der Waals surface area (Å²) in [4.78, 5) is 27.9. The molecule has 8 nitrogen and oxygen atoms in total. The minimum Gasteiger partial charge on any atom is -0.504 e. The molecular weight excluding hydrogens is 458 g/mol. The summed E-state index contributed by atoms with van der Waals surface area (Å²) < 4.78 is 12.2. The van der Waals surface area contributed by atoms with Gasteiger partial charge in [-0.1, -0.05) is 6.07 Å². The molecule has 0 radical (unpaired) electrons. The van der Waals surface area contributed by atoms with Crippen molar-refractivity contribution in [1.82, 2.24) is 15.5 Å². The zero-order valence-corrected chi connectivity index (χ0v) is 21.9. The van der Waals surface area contributed by atoms with Crippen LogP contribution in [0.2, 0.25) is 0 Å². The molecule has 2 aliphatic heterocycles. The maximum Gasteiger partial charge on any atom is 0.320 e. The number of benzene rings is 1. The van der Waals surface area contributed by atoms with Crippen LogP contribution in [0.15, 0.2) is 12.1 Å². The molecule has 2 saturated carbocycles. The lowest BCUT2D eigenvalue weighted by Gasteiger charge is -2.66. The summed E-state index contributed by atoms with van der Waals surface area (Å²) in [6, 6.07) is 3.87. The number of hydrogen-bond donors (Lipinski definition) is 3. The van der Waals surface area contributed by atoms with Gasteiger partial charge in [-0.05, 0) is 83.4 Å². The van der Waals surface area contributed by atoms with Crippen molar-refractivity contribution < 1.29 is 24.2 Å². The van der Waals surface area contributed by atoms with E-state index in [4.69, 9.17) is 9.47 Å². The van der Waals surface area contributed by atoms with Crippen LogP contribution in [0.3, 0.4) is 0 Å². The van der Waals surface area contributed by atoms with E-state index in [1.54, 1.807) is 13.0 Å². The lowest BCUT2D eigenvalue weighted by molar-refractivity contribution is -0.154. The van der Waals surface area contributed by atoms with Gasteiger partial charge in [-0.3, -0.25) is 14.5 Å². The maximum absolute atomic E-state index is 12.8. The molecule has 36 heavy (non-hydrogen) atoms. The minimum atomic E-state index is -0.545. The summed E-state index contributed by atoms with van der Waals surface area (Å²) in [6.45, 7) is 9.32. The van der Waals surface area contributed by atoms with Crippen LogP contribution in [0.5, 0.6) is 11.5 Å². The maximum atomic E-state index is 12.8. The van der Waals surface area contributed by atoms with E-state index < -0.39 is 16.6 Å². The lowest BCUT2D eigenvalue weighted by atomic mass is 9.46. The molecule has 1 aromatic rings. The molecule has 1 saturated heterocycles. The first kappa shape index (κ1) is 24.0. The number of carbonyl (C=O) groups is 2. The van der Waals surface area contributed by atoms with E-state index in [9.17, 15) is 14.7 Å². The number of hydrogen-bond acceptors (Lipinski definition) is 7. The number of nitrogens with zero attached hydrogens (tertiary/aromatic N) is 1. The van der Waals surface area contributed by atoms with Gasteiger partial charge in [-0.25, -0.2) is 0 Å². The van der Waals surface area contributed by atoms with Gasteiger partial charge in [0.15, 0.2) is 11.5 Å². The van der Waals surface area contributed by atoms with E-state index in [-0.39, 0.29) is 42.4 Å². The Balaban J connectivity index is 1.41. The molecule has 1 aromatic carbocycles. The first-order valence-corrected chi connectivity index (χ1v) is 13.5. The average Bonchev–Trinajstić information content (AvgIpc) is 3.52. The van der Waals surface area contributed by atoms with Gasteiger partial charge >= 0.3 is 5.97 Å². The van der Waals surface area contributed by atoms with E-state index in [2.05, 4.69) is 15.5 Å². The largest absolute Gasteiger partial charge is 0.504 e. The van der Waals surface area contributed by atoms with Crippen molar-refractivity contribution in [3.8, 4) is 11.5 Å². The molecule has 3 N–H and O–H groups in total. The number of likely N-dealkylation sites (tertiary alicyclic amines) is 1. The molecule has 5 atom stereocenters. The normalized spacial score (nSPS) is 34.5. The second-order valence-electron chi connectivity index (χ2n) is 12.6. The second-order valence-corrected chi connectivity index (χ2v) is 12.6. The first-order valence-electron chi connectivity index (χ1n) is 13.5.